The molecule has 0 saturated carbocycles. The van der Waals surface area contributed by atoms with Gasteiger partial charge in [0.1, 0.15) is 0 Å². The molecule has 1 aromatic rings. The smallest absolute Gasteiger partial charge is 0.258 e. The molecule has 0 aromatic heterocycles. The van der Waals surface area contributed by atoms with E-state index in [2.05, 4.69) is 4.85 Å². The first-order valence-corrected chi connectivity index (χ1v) is 2.96. The molecule has 1 rings (SSSR count). The third-order valence-electron chi connectivity index (χ3n) is 1.26. The average molecular weight is 166 g/mol. The van der Waals surface area contributed by atoms with Crippen molar-refractivity contribution in [3.05, 3.63) is 45.5 Å². The Bertz CT molecular complexity index is 370. The summed E-state index contributed by atoms with van der Waals surface area (Å²) in [6, 6.07) is 3.00. The normalized spacial score (nSPS) is 9.00. The number of halogens is 1. The fourth-order valence-corrected chi connectivity index (χ4v) is 0.711. The summed E-state index contributed by atoms with van der Waals surface area (Å²) in [5.74, 6) is -0.924. The van der Waals surface area contributed by atoms with Crippen molar-refractivity contribution < 1.29 is 9.31 Å². The van der Waals surface area contributed by atoms with Crippen molar-refractivity contribution in [3.63, 3.8) is 0 Å². The molecule has 0 amide bonds. The minimum atomic E-state index is -0.924. The number of nitro benzene ring substituents is 1. The highest BCUT2D eigenvalue weighted by Crippen LogP contribution is 2.23. The van der Waals surface area contributed by atoms with Gasteiger partial charge in [-0.25, -0.2) is 4.85 Å². The van der Waals surface area contributed by atoms with Crippen LogP contribution in [0.15, 0.2) is 18.2 Å². The van der Waals surface area contributed by atoms with E-state index < -0.39 is 16.4 Å². The molecule has 0 heterocycles. The second-order valence-electron chi connectivity index (χ2n) is 2.00. The van der Waals surface area contributed by atoms with Gasteiger partial charge in [-0.2, -0.15) is 4.39 Å². The number of hydrogen-bond acceptors (Lipinski definition) is 2. The largest absolute Gasteiger partial charge is 0.294 e. The number of nitro groups is 1. The molecule has 0 atom stereocenters. The molecule has 0 bridgehead atoms. The topological polar surface area (TPSA) is 47.5 Å². The lowest BCUT2D eigenvalue weighted by molar-refractivity contribution is -0.387. The maximum Gasteiger partial charge on any atom is 0.294 e. The molecule has 1 aromatic carbocycles. The van der Waals surface area contributed by atoms with E-state index in [1.54, 1.807) is 0 Å². The molecule has 0 spiro atoms. The Balaban J connectivity index is 3.28. The summed E-state index contributed by atoms with van der Waals surface area (Å²) in [5, 5.41) is 10.2. The monoisotopic (exact) mass is 166 g/mol. The van der Waals surface area contributed by atoms with E-state index >= 15 is 0 Å². The number of nitrogens with zero attached hydrogens (tertiary/aromatic N) is 2. The highest BCUT2D eigenvalue weighted by atomic mass is 19.1. The van der Waals surface area contributed by atoms with Gasteiger partial charge in [-0.3, -0.25) is 10.1 Å². The van der Waals surface area contributed by atoms with E-state index in [1.807, 2.05) is 0 Å². The van der Waals surface area contributed by atoms with Gasteiger partial charge in [0, 0.05) is 6.07 Å². The van der Waals surface area contributed by atoms with Crippen molar-refractivity contribution in [1.82, 2.24) is 0 Å². The zero-order valence-electron chi connectivity index (χ0n) is 5.82. The van der Waals surface area contributed by atoms with Crippen LogP contribution in [0.5, 0.6) is 0 Å². The quantitative estimate of drug-likeness (QED) is 0.365. The Morgan fingerprint density at radius 3 is 2.75 bits per heavy atom. The first kappa shape index (κ1) is 8.14. The van der Waals surface area contributed by atoms with Crippen LogP contribution in [-0.2, 0) is 0 Å². The summed E-state index contributed by atoms with van der Waals surface area (Å²) in [6.07, 6.45) is 0. The van der Waals surface area contributed by atoms with Crippen LogP contribution in [-0.4, -0.2) is 4.92 Å². The Morgan fingerprint density at radius 2 is 2.25 bits per heavy atom. The summed E-state index contributed by atoms with van der Waals surface area (Å²) in [6.45, 7) is 6.53. The molecule has 60 valence electrons. The second kappa shape index (κ2) is 2.96. The van der Waals surface area contributed by atoms with E-state index in [9.17, 15) is 14.5 Å². The molecule has 4 nitrogen and oxygen atoms in total. The SMILES string of the molecule is [C-]#[N+]c1ccc(F)c([N+](=O)[O-])c1. The molecule has 12 heavy (non-hydrogen) atoms. The lowest BCUT2D eigenvalue weighted by atomic mass is 10.3. The minimum Gasteiger partial charge on any atom is -0.258 e. The molecule has 0 fully saturated rings. The Hall–Kier alpha value is -1.96. The zero-order valence-corrected chi connectivity index (χ0v) is 5.82. The van der Waals surface area contributed by atoms with Gasteiger partial charge < -0.3 is 0 Å². The number of benzene rings is 1. The van der Waals surface area contributed by atoms with Crippen molar-refractivity contribution in [1.29, 1.82) is 0 Å². The summed E-state index contributed by atoms with van der Waals surface area (Å²) in [7, 11) is 0. The Kier molecular flexibility index (Phi) is 2.01. The molecule has 0 radical (unpaired) electrons. The third kappa shape index (κ3) is 1.37. The number of hydrogen-bond donors (Lipinski definition) is 0. The highest BCUT2D eigenvalue weighted by Gasteiger charge is 2.13. The van der Waals surface area contributed by atoms with Crippen molar-refractivity contribution >= 4 is 11.4 Å². The molecule has 5 heteroatoms. The summed E-state index contributed by atoms with van der Waals surface area (Å²) in [5.41, 5.74) is -0.605. The van der Waals surface area contributed by atoms with E-state index in [-0.39, 0.29) is 5.69 Å². The average Bonchev–Trinajstić information content (AvgIpc) is 2.05. The maximum atomic E-state index is 12.6. The van der Waals surface area contributed by atoms with Crippen molar-refractivity contribution in [3.8, 4) is 0 Å². The minimum absolute atomic E-state index is 0.0584. The van der Waals surface area contributed by atoms with Gasteiger partial charge in [-0.15, -0.1) is 0 Å². The van der Waals surface area contributed by atoms with Crippen molar-refractivity contribution in [2.75, 3.05) is 0 Å². The predicted molar refractivity (Wildman–Crippen MR) is 39.3 cm³/mol. The van der Waals surface area contributed by atoms with Gasteiger partial charge in [0.2, 0.25) is 0 Å². The van der Waals surface area contributed by atoms with Gasteiger partial charge in [-0.05, 0) is 6.07 Å². The van der Waals surface area contributed by atoms with Crippen LogP contribution < -0.4 is 0 Å². The van der Waals surface area contributed by atoms with E-state index in [0.717, 1.165) is 12.1 Å². The van der Waals surface area contributed by atoms with Crippen LogP contribution in [0.25, 0.3) is 4.85 Å². The van der Waals surface area contributed by atoms with Gasteiger partial charge in [-0.1, -0.05) is 6.07 Å². The summed E-state index contributed by atoms with van der Waals surface area (Å²) < 4.78 is 12.6. The van der Waals surface area contributed by atoms with E-state index in [0.29, 0.717) is 0 Å². The van der Waals surface area contributed by atoms with Gasteiger partial charge in [0.25, 0.3) is 5.69 Å². The first-order valence-electron chi connectivity index (χ1n) is 2.96. The molecule has 0 unspecified atom stereocenters. The zero-order chi connectivity index (χ0) is 9.14. The summed E-state index contributed by atoms with van der Waals surface area (Å²) >= 11 is 0. The molecule has 0 N–H and O–H groups in total. The molecule has 0 aliphatic heterocycles. The Morgan fingerprint density at radius 1 is 1.58 bits per heavy atom. The summed E-state index contributed by atoms with van der Waals surface area (Å²) in [4.78, 5) is 12.2. The lowest BCUT2D eigenvalue weighted by Crippen LogP contribution is -1.90. The molecular formula is C7H3FN2O2. The van der Waals surface area contributed by atoms with Crippen LogP contribution in [0.2, 0.25) is 0 Å². The van der Waals surface area contributed by atoms with Crippen molar-refractivity contribution in [2.24, 2.45) is 0 Å². The van der Waals surface area contributed by atoms with Crippen molar-refractivity contribution in [2.45, 2.75) is 0 Å². The molecule has 0 saturated heterocycles. The second-order valence-corrected chi connectivity index (χ2v) is 2.00. The van der Waals surface area contributed by atoms with E-state index in [1.165, 1.54) is 6.07 Å². The first-order chi connectivity index (χ1) is 5.65. The van der Waals surface area contributed by atoms with Crippen LogP contribution in [0.1, 0.15) is 0 Å². The predicted octanol–water partition coefficient (Wildman–Crippen LogP) is 2.28. The van der Waals surface area contributed by atoms with Crippen LogP contribution >= 0.6 is 0 Å². The molecular weight excluding hydrogens is 163 g/mol. The molecule has 0 aliphatic rings. The molecule has 0 aliphatic carbocycles. The van der Waals surface area contributed by atoms with Crippen LogP contribution in [0.3, 0.4) is 0 Å². The number of rotatable bonds is 1. The highest BCUT2D eigenvalue weighted by molar-refractivity contribution is 5.52. The Labute approximate surface area is 67.2 Å². The third-order valence-corrected chi connectivity index (χ3v) is 1.26. The van der Waals surface area contributed by atoms with Crippen LogP contribution in [0, 0.1) is 22.5 Å². The lowest BCUT2D eigenvalue weighted by Gasteiger charge is -1.92. The standard InChI is InChI=1S/C7H3FN2O2/c1-9-5-2-3-6(8)7(4-5)10(11)12/h2-4H. The van der Waals surface area contributed by atoms with Gasteiger partial charge >= 0.3 is 0 Å². The fourth-order valence-electron chi connectivity index (χ4n) is 0.711. The fraction of sp³-hybridized carbons (Fsp3) is 0. The van der Waals surface area contributed by atoms with Gasteiger partial charge in [0.15, 0.2) is 11.5 Å². The van der Waals surface area contributed by atoms with Gasteiger partial charge in [0.05, 0.1) is 11.5 Å². The van der Waals surface area contributed by atoms with E-state index in [4.69, 9.17) is 6.57 Å². The maximum absolute atomic E-state index is 12.6. The van der Waals surface area contributed by atoms with Crippen LogP contribution in [0.4, 0.5) is 15.8 Å².